The Morgan fingerprint density at radius 1 is 1.42 bits per heavy atom. The first-order chi connectivity index (χ1) is 9.13. The lowest BCUT2D eigenvalue weighted by atomic mass is 10.0. The Morgan fingerprint density at radius 2 is 2.21 bits per heavy atom. The summed E-state index contributed by atoms with van der Waals surface area (Å²) in [5.41, 5.74) is 1.17. The first kappa shape index (κ1) is 15.1. The highest BCUT2D eigenvalue weighted by Crippen LogP contribution is 2.31. The van der Waals surface area contributed by atoms with E-state index in [1.54, 1.807) is 0 Å². The molecule has 0 aromatic heterocycles. The van der Waals surface area contributed by atoms with E-state index in [0.29, 0.717) is 17.1 Å². The molecular weight excluding hydrogens is 279 g/mol. The molecule has 0 radical (unpaired) electrons. The topological polar surface area (TPSA) is 15.3 Å². The highest BCUT2D eigenvalue weighted by atomic mass is 35.5. The number of nitrogens with one attached hydrogen (secondary N) is 1. The standard InChI is InChI=1S/C15H22Cl2N2/c1-3-19(13-5-4-8-18-10-13)11(2)14-7-6-12(16)9-15(14)17/h6-7,9,11,13,18H,3-5,8,10H2,1-2H3. The summed E-state index contributed by atoms with van der Waals surface area (Å²) in [6.07, 6.45) is 2.51. The van der Waals surface area contributed by atoms with E-state index in [-0.39, 0.29) is 0 Å². The molecule has 1 aliphatic heterocycles. The van der Waals surface area contributed by atoms with Crippen LogP contribution in [0.1, 0.15) is 38.3 Å². The van der Waals surface area contributed by atoms with Crippen LogP contribution in [0, 0.1) is 0 Å². The molecule has 2 unspecified atom stereocenters. The summed E-state index contributed by atoms with van der Waals surface area (Å²) in [4.78, 5) is 2.53. The summed E-state index contributed by atoms with van der Waals surface area (Å²) in [5, 5.41) is 4.95. The Kier molecular flexibility index (Phi) is 5.52. The molecule has 2 rings (SSSR count). The predicted octanol–water partition coefficient (Wildman–Crippen LogP) is 4.13. The smallest absolute Gasteiger partial charge is 0.0468 e. The van der Waals surface area contributed by atoms with Crippen LogP contribution in [0.3, 0.4) is 0 Å². The van der Waals surface area contributed by atoms with Crippen molar-refractivity contribution in [3.8, 4) is 0 Å². The average Bonchev–Trinajstić information content (AvgIpc) is 2.40. The zero-order valence-corrected chi connectivity index (χ0v) is 13.1. The fourth-order valence-electron chi connectivity index (χ4n) is 2.98. The van der Waals surface area contributed by atoms with Crippen molar-refractivity contribution in [1.82, 2.24) is 10.2 Å². The lowest BCUT2D eigenvalue weighted by Gasteiger charge is -2.38. The van der Waals surface area contributed by atoms with Crippen molar-refractivity contribution >= 4 is 23.2 Å². The van der Waals surface area contributed by atoms with Gasteiger partial charge in [0.1, 0.15) is 0 Å². The van der Waals surface area contributed by atoms with Crippen molar-refractivity contribution in [3.05, 3.63) is 33.8 Å². The zero-order chi connectivity index (χ0) is 13.8. The highest BCUT2D eigenvalue weighted by molar-refractivity contribution is 6.35. The molecule has 0 spiro atoms. The van der Waals surface area contributed by atoms with Crippen molar-refractivity contribution in [2.45, 2.75) is 38.8 Å². The van der Waals surface area contributed by atoms with E-state index in [0.717, 1.165) is 24.7 Å². The summed E-state index contributed by atoms with van der Waals surface area (Å²) in [6, 6.07) is 6.72. The molecule has 1 N–H and O–H groups in total. The molecule has 2 atom stereocenters. The van der Waals surface area contributed by atoms with Crippen molar-refractivity contribution in [1.29, 1.82) is 0 Å². The molecule has 1 aromatic rings. The third-order valence-corrected chi connectivity index (χ3v) is 4.58. The molecule has 0 amide bonds. The second-order valence-electron chi connectivity index (χ2n) is 5.17. The molecule has 19 heavy (non-hydrogen) atoms. The average molecular weight is 301 g/mol. The number of piperidine rings is 1. The Balaban J connectivity index is 2.17. The van der Waals surface area contributed by atoms with Gasteiger partial charge in [-0.3, -0.25) is 4.90 Å². The number of benzene rings is 1. The summed E-state index contributed by atoms with van der Waals surface area (Å²) >= 11 is 12.3. The van der Waals surface area contributed by atoms with E-state index in [4.69, 9.17) is 23.2 Å². The van der Waals surface area contributed by atoms with Gasteiger partial charge in [0.15, 0.2) is 0 Å². The van der Waals surface area contributed by atoms with Crippen molar-refractivity contribution in [2.24, 2.45) is 0 Å². The monoisotopic (exact) mass is 300 g/mol. The van der Waals surface area contributed by atoms with E-state index in [9.17, 15) is 0 Å². The van der Waals surface area contributed by atoms with Gasteiger partial charge in [-0.25, -0.2) is 0 Å². The van der Waals surface area contributed by atoms with Crippen molar-refractivity contribution < 1.29 is 0 Å². The number of rotatable bonds is 4. The number of hydrogen-bond acceptors (Lipinski definition) is 2. The summed E-state index contributed by atoms with van der Waals surface area (Å²) < 4.78 is 0. The SMILES string of the molecule is CCN(C1CCCNC1)C(C)c1ccc(Cl)cc1Cl. The van der Waals surface area contributed by atoms with Gasteiger partial charge in [0, 0.05) is 28.7 Å². The summed E-state index contributed by atoms with van der Waals surface area (Å²) in [6.45, 7) is 7.70. The first-order valence-electron chi connectivity index (χ1n) is 7.05. The van der Waals surface area contributed by atoms with Crippen LogP contribution >= 0.6 is 23.2 Å². The second kappa shape index (κ2) is 6.94. The van der Waals surface area contributed by atoms with E-state index in [2.05, 4.69) is 24.1 Å². The van der Waals surface area contributed by atoms with Crippen molar-refractivity contribution in [3.63, 3.8) is 0 Å². The third kappa shape index (κ3) is 3.63. The minimum atomic E-state index is 0.319. The van der Waals surface area contributed by atoms with Crippen LogP contribution < -0.4 is 5.32 Å². The van der Waals surface area contributed by atoms with Crippen molar-refractivity contribution in [2.75, 3.05) is 19.6 Å². The predicted molar refractivity (Wildman–Crippen MR) is 83.1 cm³/mol. The number of hydrogen-bond donors (Lipinski definition) is 1. The fourth-order valence-corrected chi connectivity index (χ4v) is 3.55. The van der Waals surface area contributed by atoms with Crippen LogP contribution in [-0.2, 0) is 0 Å². The van der Waals surface area contributed by atoms with Crippen LogP contribution in [0.25, 0.3) is 0 Å². The summed E-state index contributed by atoms with van der Waals surface area (Å²) in [7, 11) is 0. The molecule has 2 nitrogen and oxygen atoms in total. The van der Waals surface area contributed by atoms with Gasteiger partial charge < -0.3 is 5.32 Å². The maximum absolute atomic E-state index is 6.34. The maximum Gasteiger partial charge on any atom is 0.0468 e. The first-order valence-corrected chi connectivity index (χ1v) is 7.80. The Morgan fingerprint density at radius 3 is 2.79 bits per heavy atom. The minimum absolute atomic E-state index is 0.319. The van der Waals surface area contributed by atoms with Crippen LogP contribution in [0.5, 0.6) is 0 Å². The fraction of sp³-hybridized carbons (Fsp3) is 0.600. The highest BCUT2D eigenvalue weighted by Gasteiger charge is 2.25. The number of halogens is 2. The second-order valence-corrected chi connectivity index (χ2v) is 6.02. The molecule has 0 bridgehead atoms. The van der Waals surface area contributed by atoms with E-state index in [1.807, 2.05) is 18.2 Å². The van der Waals surface area contributed by atoms with Gasteiger partial charge in [0.2, 0.25) is 0 Å². The van der Waals surface area contributed by atoms with Gasteiger partial charge in [0.05, 0.1) is 0 Å². The van der Waals surface area contributed by atoms with E-state index in [1.165, 1.54) is 18.4 Å². The number of likely N-dealkylation sites (N-methyl/N-ethyl adjacent to an activating group) is 1. The molecule has 1 aromatic carbocycles. The third-order valence-electron chi connectivity index (χ3n) is 4.02. The Hall–Kier alpha value is -0.280. The molecule has 0 aliphatic carbocycles. The van der Waals surface area contributed by atoms with Gasteiger partial charge in [-0.1, -0.05) is 36.2 Å². The van der Waals surface area contributed by atoms with Crippen LogP contribution in [0.2, 0.25) is 10.0 Å². The lowest BCUT2D eigenvalue weighted by Crippen LogP contribution is -2.46. The largest absolute Gasteiger partial charge is 0.315 e. The van der Waals surface area contributed by atoms with Crippen LogP contribution in [0.15, 0.2) is 18.2 Å². The molecule has 1 heterocycles. The van der Waals surface area contributed by atoms with E-state index < -0.39 is 0 Å². The summed E-state index contributed by atoms with van der Waals surface area (Å²) in [5.74, 6) is 0. The van der Waals surface area contributed by atoms with Gasteiger partial charge in [0.25, 0.3) is 0 Å². The Bertz CT molecular complexity index is 417. The lowest BCUT2D eigenvalue weighted by molar-refractivity contribution is 0.128. The van der Waals surface area contributed by atoms with Crippen LogP contribution in [0.4, 0.5) is 0 Å². The zero-order valence-electron chi connectivity index (χ0n) is 11.6. The quantitative estimate of drug-likeness (QED) is 0.899. The molecule has 1 aliphatic rings. The number of nitrogens with zero attached hydrogens (tertiary/aromatic N) is 1. The molecule has 4 heteroatoms. The molecule has 1 fully saturated rings. The normalized spacial score (nSPS) is 21.6. The van der Waals surface area contributed by atoms with E-state index >= 15 is 0 Å². The minimum Gasteiger partial charge on any atom is -0.315 e. The molecule has 0 saturated carbocycles. The molecule has 1 saturated heterocycles. The Labute approximate surface area is 126 Å². The molecular formula is C15H22Cl2N2. The maximum atomic E-state index is 6.34. The van der Waals surface area contributed by atoms with Gasteiger partial charge >= 0.3 is 0 Å². The van der Waals surface area contributed by atoms with Gasteiger partial charge in [-0.05, 0) is 50.6 Å². The molecule has 106 valence electrons. The van der Waals surface area contributed by atoms with Crippen LogP contribution in [-0.4, -0.2) is 30.6 Å². The van der Waals surface area contributed by atoms with Gasteiger partial charge in [-0.2, -0.15) is 0 Å². The van der Waals surface area contributed by atoms with Gasteiger partial charge in [-0.15, -0.1) is 0 Å².